The van der Waals surface area contributed by atoms with E-state index in [9.17, 15) is 9.59 Å². The van der Waals surface area contributed by atoms with E-state index >= 15 is 0 Å². The molecule has 0 bridgehead atoms. The number of rotatable bonds is 7. The van der Waals surface area contributed by atoms with Gasteiger partial charge in [0.05, 0.1) is 18.7 Å². The molecular weight excluding hydrogens is 336 g/mol. The van der Waals surface area contributed by atoms with Crippen molar-refractivity contribution in [2.24, 2.45) is 5.92 Å². The summed E-state index contributed by atoms with van der Waals surface area (Å²) in [6, 6.07) is 12.0. The molecule has 0 radical (unpaired) electrons. The van der Waals surface area contributed by atoms with Gasteiger partial charge in [0.15, 0.2) is 0 Å². The van der Waals surface area contributed by atoms with Gasteiger partial charge in [-0.15, -0.1) is 11.8 Å². The van der Waals surface area contributed by atoms with Crippen LogP contribution in [-0.2, 0) is 16.1 Å². The Hall–Kier alpha value is -2.21. The van der Waals surface area contributed by atoms with Crippen molar-refractivity contribution in [2.75, 3.05) is 18.8 Å². The van der Waals surface area contributed by atoms with Crippen LogP contribution in [0.15, 0.2) is 52.0 Å². The van der Waals surface area contributed by atoms with E-state index in [0.717, 1.165) is 11.5 Å². The summed E-state index contributed by atoms with van der Waals surface area (Å²) in [5.74, 6) is 1.24. The average molecular weight is 358 g/mol. The Balaban J connectivity index is 1.39. The number of thioether (sulfide) groups is 1. The van der Waals surface area contributed by atoms with Gasteiger partial charge in [-0.3, -0.25) is 9.59 Å². The largest absolute Gasteiger partial charge is 0.467 e. The summed E-state index contributed by atoms with van der Waals surface area (Å²) in [5.41, 5.74) is 1.24. The van der Waals surface area contributed by atoms with Crippen LogP contribution in [0.3, 0.4) is 0 Å². The van der Waals surface area contributed by atoms with Crippen molar-refractivity contribution in [3.63, 3.8) is 0 Å². The van der Waals surface area contributed by atoms with Crippen LogP contribution in [0.2, 0.25) is 0 Å². The first kappa shape index (κ1) is 17.6. The maximum absolute atomic E-state index is 12.3. The zero-order valence-corrected chi connectivity index (χ0v) is 15.1. The Kier molecular flexibility index (Phi) is 5.81. The molecule has 1 fully saturated rings. The molecule has 2 amide bonds. The molecule has 0 saturated carbocycles. The molecule has 0 spiro atoms. The number of furan rings is 1. The van der Waals surface area contributed by atoms with Gasteiger partial charge < -0.3 is 14.6 Å². The summed E-state index contributed by atoms with van der Waals surface area (Å²) < 4.78 is 5.27. The molecule has 1 unspecified atom stereocenters. The predicted octanol–water partition coefficient (Wildman–Crippen LogP) is 2.85. The summed E-state index contributed by atoms with van der Waals surface area (Å²) in [7, 11) is 0. The fraction of sp³-hybridized carbons (Fsp3) is 0.368. The molecular formula is C19H22N2O3S. The number of amides is 2. The van der Waals surface area contributed by atoms with Crippen molar-refractivity contribution in [1.82, 2.24) is 10.2 Å². The van der Waals surface area contributed by atoms with Crippen LogP contribution in [-0.4, -0.2) is 35.6 Å². The maximum Gasteiger partial charge on any atom is 0.225 e. The van der Waals surface area contributed by atoms with Gasteiger partial charge in [0, 0.05) is 30.2 Å². The SMILES string of the molecule is Cc1ccc(SCCNC(=O)C2CC(=O)N(Cc3ccco3)C2)cc1. The Bertz CT molecular complexity index is 713. The number of hydrogen-bond acceptors (Lipinski definition) is 4. The molecule has 1 atom stereocenters. The standard InChI is InChI=1S/C19H22N2O3S/c1-14-4-6-17(7-5-14)25-10-8-20-19(23)15-11-18(22)21(12-15)13-16-3-2-9-24-16/h2-7,9,15H,8,10-13H2,1H3,(H,20,23). The number of hydrogen-bond donors (Lipinski definition) is 1. The van der Waals surface area contributed by atoms with E-state index in [4.69, 9.17) is 4.42 Å². The van der Waals surface area contributed by atoms with E-state index in [0.29, 0.717) is 19.6 Å². The van der Waals surface area contributed by atoms with Gasteiger partial charge in [-0.25, -0.2) is 0 Å². The Labute approximate surface area is 151 Å². The zero-order valence-electron chi connectivity index (χ0n) is 14.2. The number of nitrogens with zero attached hydrogens (tertiary/aromatic N) is 1. The summed E-state index contributed by atoms with van der Waals surface area (Å²) >= 11 is 1.71. The zero-order chi connectivity index (χ0) is 17.6. The van der Waals surface area contributed by atoms with Crippen molar-refractivity contribution in [2.45, 2.75) is 24.8 Å². The van der Waals surface area contributed by atoms with E-state index in [2.05, 4.69) is 36.5 Å². The second-order valence-corrected chi connectivity index (χ2v) is 7.38. The first-order chi connectivity index (χ1) is 12.1. The summed E-state index contributed by atoms with van der Waals surface area (Å²) in [6.07, 6.45) is 1.86. The second kappa shape index (κ2) is 8.25. The van der Waals surface area contributed by atoms with Crippen molar-refractivity contribution >= 4 is 23.6 Å². The number of nitrogens with one attached hydrogen (secondary N) is 1. The molecule has 5 nitrogen and oxygen atoms in total. The highest BCUT2D eigenvalue weighted by Crippen LogP contribution is 2.21. The molecule has 1 N–H and O–H groups in total. The Morgan fingerprint density at radius 3 is 2.84 bits per heavy atom. The molecule has 25 heavy (non-hydrogen) atoms. The lowest BCUT2D eigenvalue weighted by molar-refractivity contribution is -0.129. The van der Waals surface area contributed by atoms with Gasteiger partial charge in [-0.05, 0) is 31.2 Å². The minimum absolute atomic E-state index is 0.00517. The van der Waals surface area contributed by atoms with Crippen molar-refractivity contribution < 1.29 is 14.0 Å². The van der Waals surface area contributed by atoms with Gasteiger partial charge in [-0.2, -0.15) is 0 Å². The third-order valence-corrected chi connectivity index (χ3v) is 5.22. The first-order valence-corrected chi connectivity index (χ1v) is 9.38. The molecule has 2 heterocycles. The molecule has 1 saturated heterocycles. The van der Waals surface area contributed by atoms with Crippen molar-refractivity contribution in [1.29, 1.82) is 0 Å². The van der Waals surface area contributed by atoms with Crippen LogP contribution in [0.4, 0.5) is 0 Å². The van der Waals surface area contributed by atoms with E-state index in [-0.39, 0.29) is 24.2 Å². The van der Waals surface area contributed by atoms with Crippen LogP contribution in [0.1, 0.15) is 17.7 Å². The number of carbonyl (C=O) groups excluding carboxylic acids is 2. The third kappa shape index (κ3) is 4.89. The topological polar surface area (TPSA) is 62.6 Å². The molecule has 1 aliphatic heterocycles. The summed E-state index contributed by atoms with van der Waals surface area (Å²) in [5, 5.41) is 2.94. The van der Waals surface area contributed by atoms with Crippen molar-refractivity contribution in [3.05, 3.63) is 54.0 Å². The van der Waals surface area contributed by atoms with E-state index in [1.54, 1.807) is 29.0 Å². The highest BCUT2D eigenvalue weighted by atomic mass is 32.2. The highest BCUT2D eigenvalue weighted by molar-refractivity contribution is 7.99. The van der Waals surface area contributed by atoms with Gasteiger partial charge in [0.25, 0.3) is 0 Å². The number of carbonyl (C=O) groups is 2. The normalized spacial score (nSPS) is 17.1. The third-order valence-electron chi connectivity index (χ3n) is 4.20. The van der Waals surface area contributed by atoms with Gasteiger partial charge >= 0.3 is 0 Å². The average Bonchev–Trinajstić information content (AvgIpc) is 3.24. The van der Waals surface area contributed by atoms with Gasteiger partial charge in [-0.1, -0.05) is 17.7 Å². The molecule has 1 aliphatic rings. The molecule has 1 aromatic heterocycles. The number of aryl methyl sites for hydroxylation is 1. The molecule has 2 aromatic rings. The molecule has 1 aromatic carbocycles. The van der Waals surface area contributed by atoms with Crippen LogP contribution >= 0.6 is 11.8 Å². The van der Waals surface area contributed by atoms with Crippen LogP contribution in [0, 0.1) is 12.8 Å². The lowest BCUT2D eigenvalue weighted by atomic mass is 10.1. The minimum atomic E-state index is -0.271. The Morgan fingerprint density at radius 1 is 1.32 bits per heavy atom. The highest BCUT2D eigenvalue weighted by Gasteiger charge is 2.34. The van der Waals surface area contributed by atoms with E-state index in [1.165, 1.54) is 10.5 Å². The lowest BCUT2D eigenvalue weighted by Crippen LogP contribution is -2.34. The molecule has 0 aliphatic carbocycles. The van der Waals surface area contributed by atoms with Crippen LogP contribution in [0.25, 0.3) is 0 Å². The smallest absolute Gasteiger partial charge is 0.225 e. The van der Waals surface area contributed by atoms with Crippen LogP contribution in [0.5, 0.6) is 0 Å². The summed E-state index contributed by atoms with van der Waals surface area (Å²) in [6.45, 7) is 3.54. The molecule has 3 rings (SSSR count). The number of benzene rings is 1. The Morgan fingerprint density at radius 2 is 2.12 bits per heavy atom. The molecule has 132 valence electrons. The summed E-state index contributed by atoms with van der Waals surface area (Å²) in [4.78, 5) is 27.2. The maximum atomic E-state index is 12.3. The van der Waals surface area contributed by atoms with Crippen LogP contribution < -0.4 is 5.32 Å². The van der Waals surface area contributed by atoms with E-state index < -0.39 is 0 Å². The van der Waals surface area contributed by atoms with Gasteiger partial charge in [0.1, 0.15) is 5.76 Å². The monoisotopic (exact) mass is 358 g/mol. The number of likely N-dealkylation sites (tertiary alicyclic amines) is 1. The molecule has 6 heteroatoms. The fourth-order valence-corrected chi connectivity index (χ4v) is 3.58. The van der Waals surface area contributed by atoms with E-state index in [1.807, 2.05) is 6.07 Å². The second-order valence-electron chi connectivity index (χ2n) is 6.21. The lowest BCUT2D eigenvalue weighted by Gasteiger charge is -2.15. The van der Waals surface area contributed by atoms with Crippen molar-refractivity contribution in [3.8, 4) is 0 Å². The minimum Gasteiger partial charge on any atom is -0.467 e. The van der Waals surface area contributed by atoms with Gasteiger partial charge in [0.2, 0.25) is 11.8 Å². The first-order valence-electron chi connectivity index (χ1n) is 8.39. The fourth-order valence-electron chi connectivity index (χ4n) is 2.81. The predicted molar refractivity (Wildman–Crippen MR) is 97.1 cm³/mol. The quantitative estimate of drug-likeness (QED) is 0.611.